The first-order valence-corrected chi connectivity index (χ1v) is 6.03. The van der Waals surface area contributed by atoms with Gasteiger partial charge in [-0.05, 0) is 30.3 Å². The molecule has 0 atom stereocenters. The third-order valence-corrected chi connectivity index (χ3v) is 2.95. The third-order valence-electron chi connectivity index (χ3n) is 2.64. The van der Waals surface area contributed by atoms with E-state index in [0.29, 0.717) is 22.0 Å². The van der Waals surface area contributed by atoms with E-state index in [0.717, 1.165) is 0 Å². The summed E-state index contributed by atoms with van der Waals surface area (Å²) >= 11 is 6.00. The predicted octanol–water partition coefficient (Wildman–Crippen LogP) is 3.17. The highest BCUT2D eigenvalue weighted by molar-refractivity contribution is 6.32. The number of benzene rings is 1. The molecule has 0 unspecified atom stereocenters. The fourth-order valence-corrected chi connectivity index (χ4v) is 1.90. The summed E-state index contributed by atoms with van der Waals surface area (Å²) in [5, 5.41) is 4.18. The molecule has 0 fully saturated rings. The van der Waals surface area contributed by atoms with E-state index in [2.05, 4.69) is 15.1 Å². The number of hydrogen-bond donors (Lipinski definition) is 1. The van der Waals surface area contributed by atoms with Crippen molar-refractivity contribution >= 4 is 17.3 Å². The number of anilines is 1. The van der Waals surface area contributed by atoms with Crippen molar-refractivity contribution in [2.75, 3.05) is 5.73 Å². The standard InChI is InChI=1S/C13H8ClFN4O/c14-9-2-1-5-17-11(9)12-18-13(20-19-12)8-6-7(15)3-4-10(8)16/h1-6H,16H2. The quantitative estimate of drug-likeness (QED) is 0.733. The van der Waals surface area contributed by atoms with Gasteiger partial charge in [0.05, 0.1) is 10.6 Å². The molecule has 20 heavy (non-hydrogen) atoms. The largest absolute Gasteiger partial charge is 0.398 e. The molecule has 1 aromatic carbocycles. The van der Waals surface area contributed by atoms with Crippen LogP contribution in [-0.4, -0.2) is 15.1 Å². The molecule has 0 radical (unpaired) electrons. The Labute approximate surface area is 118 Å². The van der Waals surface area contributed by atoms with Gasteiger partial charge in [0.25, 0.3) is 5.89 Å². The van der Waals surface area contributed by atoms with Crippen molar-refractivity contribution < 1.29 is 8.91 Å². The number of hydrogen-bond acceptors (Lipinski definition) is 5. The highest BCUT2D eigenvalue weighted by Crippen LogP contribution is 2.28. The third kappa shape index (κ3) is 2.21. The van der Waals surface area contributed by atoms with Crippen molar-refractivity contribution in [2.24, 2.45) is 0 Å². The summed E-state index contributed by atoms with van der Waals surface area (Å²) < 4.78 is 18.3. The van der Waals surface area contributed by atoms with Crippen molar-refractivity contribution in [3.05, 3.63) is 47.4 Å². The van der Waals surface area contributed by atoms with Crippen LogP contribution >= 0.6 is 11.6 Å². The van der Waals surface area contributed by atoms with Crippen LogP contribution in [-0.2, 0) is 0 Å². The Morgan fingerprint density at radius 2 is 2.10 bits per heavy atom. The fourth-order valence-electron chi connectivity index (χ4n) is 1.69. The lowest BCUT2D eigenvalue weighted by atomic mass is 10.2. The molecule has 2 aromatic heterocycles. The first-order chi connectivity index (χ1) is 9.65. The maximum Gasteiger partial charge on any atom is 0.260 e. The van der Waals surface area contributed by atoms with E-state index in [1.807, 2.05) is 0 Å². The molecule has 7 heteroatoms. The molecule has 0 spiro atoms. The average Bonchev–Trinajstić information content (AvgIpc) is 2.91. The summed E-state index contributed by atoms with van der Waals surface area (Å²) in [7, 11) is 0. The number of nitrogen functional groups attached to an aromatic ring is 1. The topological polar surface area (TPSA) is 77.8 Å². The second-order valence-electron chi connectivity index (χ2n) is 3.99. The lowest BCUT2D eigenvalue weighted by Crippen LogP contribution is -1.91. The number of aromatic nitrogens is 3. The summed E-state index contributed by atoms with van der Waals surface area (Å²) in [6.07, 6.45) is 1.56. The van der Waals surface area contributed by atoms with E-state index in [-0.39, 0.29) is 11.7 Å². The predicted molar refractivity (Wildman–Crippen MR) is 72.3 cm³/mol. The monoisotopic (exact) mass is 290 g/mol. The minimum Gasteiger partial charge on any atom is -0.398 e. The van der Waals surface area contributed by atoms with E-state index >= 15 is 0 Å². The summed E-state index contributed by atoms with van der Waals surface area (Å²) in [6.45, 7) is 0. The number of nitrogens with two attached hydrogens (primary N) is 1. The molecule has 100 valence electrons. The number of pyridine rings is 1. The van der Waals surface area contributed by atoms with Gasteiger partial charge >= 0.3 is 0 Å². The van der Waals surface area contributed by atoms with E-state index in [9.17, 15) is 4.39 Å². The fraction of sp³-hybridized carbons (Fsp3) is 0. The number of rotatable bonds is 2. The van der Waals surface area contributed by atoms with Gasteiger partial charge in [0, 0.05) is 11.9 Å². The van der Waals surface area contributed by atoms with Crippen LogP contribution in [0.4, 0.5) is 10.1 Å². The van der Waals surface area contributed by atoms with Gasteiger partial charge in [-0.25, -0.2) is 4.39 Å². The van der Waals surface area contributed by atoms with Gasteiger partial charge in [-0.15, -0.1) is 0 Å². The summed E-state index contributed by atoms with van der Waals surface area (Å²) in [5.74, 6) is -0.113. The highest BCUT2D eigenvalue weighted by Gasteiger charge is 2.16. The normalized spacial score (nSPS) is 10.7. The van der Waals surface area contributed by atoms with Crippen LogP contribution in [0.1, 0.15) is 0 Å². The van der Waals surface area contributed by atoms with Crippen molar-refractivity contribution in [3.8, 4) is 23.0 Å². The molecule has 0 saturated heterocycles. The summed E-state index contributed by atoms with van der Waals surface area (Å²) in [6, 6.07) is 7.27. The van der Waals surface area contributed by atoms with Crippen molar-refractivity contribution in [2.45, 2.75) is 0 Å². The van der Waals surface area contributed by atoms with Gasteiger partial charge in [-0.2, -0.15) is 4.98 Å². The smallest absolute Gasteiger partial charge is 0.260 e. The van der Waals surface area contributed by atoms with Crippen LogP contribution in [0.2, 0.25) is 5.02 Å². The zero-order chi connectivity index (χ0) is 14.1. The maximum absolute atomic E-state index is 13.2. The zero-order valence-electron chi connectivity index (χ0n) is 10.0. The van der Waals surface area contributed by atoms with Gasteiger partial charge in [0.2, 0.25) is 5.82 Å². The van der Waals surface area contributed by atoms with Gasteiger partial charge in [-0.1, -0.05) is 16.8 Å². The Balaban J connectivity index is 2.07. The van der Waals surface area contributed by atoms with Crippen molar-refractivity contribution in [3.63, 3.8) is 0 Å². The summed E-state index contributed by atoms with van der Waals surface area (Å²) in [4.78, 5) is 8.22. The molecular formula is C13H8ClFN4O. The highest BCUT2D eigenvalue weighted by atomic mass is 35.5. The first-order valence-electron chi connectivity index (χ1n) is 5.65. The average molecular weight is 291 g/mol. The molecule has 0 bridgehead atoms. The Morgan fingerprint density at radius 1 is 1.25 bits per heavy atom. The molecule has 2 heterocycles. The lowest BCUT2D eigenvalue weighted by molar-refractivity contribution is 0.432. The van der Waals surface area contributed by atoms with E-state index < -0.39 is 5.82 Å². The minimum atomic E-state index is -0.440. The first kappa shape index (κ1) is 12.6. The van der Waals surface area contributed by atoms with Crippen LogP contribution in [0, 0.1) is 5.82 Å². The molecule has 3 aromatic rings. The van der Waals surface area contributed by atoms with Gasteiger partial charge < -0.3 is 10.3 Å². The van der Waals surface area contributed by atoms with Crippen LogP contribution in [0.15, 0.2) is 41.1 Å². The van der Waals surface area contributed by atoms with E-state index in [1.54, 1.807) is 18.3 Å². The number of nitrogens with zero attached hydrogens (tertiary/aromatic N) is 3. The van der Waals surface area contributed by atoms with Gasteiger partial charge in [0.15, 0.2) is 0 Å². The van der Waals surface area contributed by atoms with Gasteiger partial charge in [-0.3, -0.25) is 4.98 Å². The SMILES string of the molecule is Nc1ccc(F)cc1-c1nc(-c2ncccc2Cl)no1. The second kappa shape index (κ2) is 4.90. The Bertz CT molecular complexity index is 775. The van der Waals surface area contributed by atoms with Crippen LogP contribution in [0.25, 0.3) is 23.0 Å². The number of halogens is 2. The maximum atomic E-state index is 13.2. The van der Waals surface area contributed by atoms with E-state index in [4.69, 9.17) is 21.9 Å². The second-order valence-corrected chi connectivity index (χ2v) is 4.40. The molecule has 0 aliphatic heterocycles. The van der Waals surface area contributed by atoms with Crippen LogP contribution in [0.5, 0.6) is 0 Å². The molecular weight excluding hydrogens is 283 g/mol. The minimum absolute atomic E-state index is 0.110. The molecule has 0 saturated carbocycles. The Morgan fingerprint density at radius 3 is 2.90 bits per heavy atom. The molecule has 3 rings (SSSR count). The van der Waals surface area contributed by atoms with Crippen molar-refractivity contribution in [1.29, 1.82) is 0 Å². The van der Waals surface area contributed by atoms with E-state index in [1.165, 1.54) is 18.2 Å². The van der Waals surface area contributed by atoms with Crippen molar-refractivity contribution in [1.82, 2.24) is 15.1 Å². The Kier molecular flexibility index (Phi) is 3.08. The molecule has 0 aliphatic carbocycles. The molecule has 0 aliphatic rings. The molecule has 0 amide bonds. The van der Waals surface area contributed by atoms with Crippen LogP contribution in [0.3, 0.4) is 0 Å². The van der Waals surface area contributed by atoms with Crippen LogP contribution < -0.4 is 5.73 Å². The molecule has 2 N–H and O–H groups in total. The van der Waals surface area contributed by atoms with Gasteiger partial charge in [0.1, 0.15) is 11.5 Å². The zero-order valence-corrected chi connectivity index (χ0v) is 10.8. The molecule has 5 nitrogen and oxygen atoms in total. The Hall–Kier alpha value is -2.47. The summed E-state index contributed by atoms with van der Waals surface area (Å²) in [5.41, 5.74) is 6.82. The lowest BCUT2D eigenvalue weighted by Gasteiger charge is -1.99.